The summed E-state index contributed by atoms with van der Waals surface area (Å²) in [6.45, 7) is 3.37. The van der Waals surface area contributed by atoms with Crippen LogP contribution in [0, 0.1) is 12.8 Å². The molecule has 3 nitrogen and oxygen atoms in total. The molecule has 0 spiro atoms. The van der Waals surface area contributed by atoms with E-state index in [9.17, 15) is 4.79 Å². The molecule has 4 rings (SSSR count). The number of thiophene rings is 1. The van der Waals surface area contributed by atoms with Crippen LogP contribution < -0.4 is 10.2 Å². The number of amides is 1. The summed E-state index contributed by atoms with van der Waals surface area (Å²) in [7, 11) is 0. The predicted molar refractivity (Wildman–Crippen MR) is 104 cm³/mol. The van der Waals surface area contributed by atoms with E-state index in [4.69, 9.17) is 23.2 Å². The van der Waals surface area contributed by atoms with Crippen LogP contribution in [0.25, 0.3) is 0 Å². The van der Waals surface area contributed by atoms with Gasteiger partial charge in [-0.3, -0.25) is 4.79 Å². The van der Waals surface area contributed by atoms with Gasteiger partial charge in [-0.15, -0.1) is 11.3 Å². The monoisotopic (exact) mass is 395 g/mol. The summed E-state index contributed by atoms with van der Waals surface area (Å²) in [6.07, 6.45) is 3.62. The first kappa shape index (κ1) is 17.3. The molecule has 1 aliphatic heterocycles. The Kier molecular flexibility index (Phi) is 4.80. The molecule has 1 aliphatic carbocycles. The maximum atomic E-state index is 12.7. The molecule has 2 aliphatic rings. The van der Waals surface area contributed by atoms with E-state index >= 15 is 0 Å². The molecule has 1 unspecified atom stereocenters. The van der Waals surface area contributed by atoms with Crippen LogP contribution in [0.5, 0.6) is 0 Å². The van der Waals surface area contributed by atoms with Crippen LogP contribution in [0.3, 0.4) is 0 Å². The van der Waals surface area contributed by atoms with Crippen LogP contribution >= 0.6 is 34.5 Å². The zero-order valence-corrected chi connectivity index (χ0v) is 16.4. The van der Waals surface area contributed by atoms with Gasteiger partial charge in [-0.2, -0.15) is 0 Å². The highest BCUT2D eigenvalue weighted by Gasteiger charge is 2.43. The van der Waals surface area contributed by atoms with Crippen molar-refractivity contribution >= 4 is 46.1 Å². The zero-order chi connectivity index (χ0) is 17.6. The highest BCUT2D eigenvalue weighted by Crippen LogP contribution is 2.42. The van der Waals surface area contributed by atoms with Gasteiger partial charge in [-0.25, -0.2) is 0 Å². The molecule has 2 N–H and O–H groups in total. The molecular formula is C19H21Cl2N2OS+. The second kappa shape index (κ2) is 6.92. The average Bonchev–Trinajstić information content (AvgIpc) is 3.31. The third-order valence-electron chi connectivity index (χ3n) is 5.26. The topological polar surface area (TPSA) is 33.5 Å². The molecule has 25 heavy (non-hydrogen) atoms. The van der Waals surface area contributed by atoms with Crippen LogP contribution in [-0.2, 0) is 11.2 Å². The molecule has 1 aromatic carbocycles. The standard InChI is InChI=1S/C19H20Cl2N2OS/c1-11-2-5-14(20)18(17(11)21)22-16(24)10-23-8-6-15-13(7-9-25-15)19(23)12-3-4-12/h2,5,7,9,12,19H,3-4,6,8,10H2,1H3,(H,22,24)/p+1/t19-/m0/s1. The first-order chi connectivity index (χ1) is 12.0. The van der Waals surface area contributed by atoms with Crippen molar-refractivity contribution in [2.75, 3.05) is 18.4 Å². The van der Waals surface area contributed by atoms with Crippen LogP contribution in [0.15, 0.2) is 23.6 Å². The van der Waals surface area contributed by atoms with Crippen LogP contribution in [0.4, 0.5) is 5.69 Å². The maximum absolute atomic E-state index is 12.7. The van der Waals surface area contributed by atoms with Gasteiger partial charge in [0, 0.05) is 22.8 Å². The lowest BCUT2D eigenvalue weighted by molar-refractivity contribution is -0.928. The molecule has 0 bridgehead atoms. The van der Waals surface area contributed by atoms with Gasteiger partial charge in [-0.05, 0) is 42.8 Å². The van der Waals surface area contributed by atoms with Gasteiger partial charge in [0.15, 0.2) is 6.54 Å². The third-order valence-corrected chi connectivity index (χ3v) is 7.06. The minimum Gasteiger partial charge on any atom is -0.320 e. The van der Waals surface area contributed by atoms with E-state index in [2.05, 4.69) is 16.8 Å². The second-order valence-corrected chi connectivity index (χ2v) is 8.84. The Morgan fingerprint density at radius 3 is 2.88 bits per heavy atom. The van der Waals surface area contributed by atoms with Gasteiger partial charge in [0.2, 0.25) is 0 Å². The molecule has 2 heterocycles. The first-order valence-corrected chi connectivity index (χ1v) is 10.3. The number of fused-ring (bicyclic) bond motifs is 1. The minimum absolute atomic E-state index is 0.0197. The molecule has 2 atom stereocenters. The third kappa shape index (κ3) is 3.45. The molecule has 2 aromatic rings. The molecule has 1 fully saturated rings. The summed E-state index contributed by atoms with van der Waals surface area (Å²) in [5.41, 5.74) is 2.91. The molecule has 1 aromatic heterocycles. The lowest BCUT2D eigenvalue weighted by Crippen LogP contribution is -3.14. The van der Waals surface area contributed by atoms with E-state index in [1.165, 1.54) is 28.2 Å². The summed E-state index contributed by atoms with van der Waals surface area (Å²) in [5.74, 6) is 0.705. The maximum Gasteiger partial charge on any atom is 0.279 e. The van der Waals surface area contributed by atoms with Crippen molar-refractivity contribution in [3.8, 4) is 0 Å². The zero-order valence-electron chi connectivity index (χ0n) is 14.1. The number of aryl methyl sites for hydroxylation is 1. The molecular weight excluding hydrogens is 375 g/mol. The van der Waals surface area contributed by atoms with Crippen LogP contribution in [0.2, 0.25) is 10.0 Å². The van der Waals surface area contributed by atoms with Gasteiger partial charge < -0.3 is 10.2 Å². The molecule has 0 saturated heterocycles. The Morgan fingerprint density at radius 1 is 1.32 bits per heavy atom. The Balaban J connectivity index is 1.51. The Hall–Kier alpha value is -1.07. The van der Waals surface area contributed by atoms with Gasteiger partial charge in [0.05, 0.1) is 22.3 Å². The normalized spacial score (nSPS) is 22.5. The highest BCUT2D eigenvalue weighted by atomic mass is 35.5. The number of hydrogen-bond donors (Lipinski definition) is 2. The molecule has 0 radical (unpaired) electrons. The summed E-state index contributed by atoms with van der Waals surface area (Å²) < 4.78 is 0. The summed E-state index contributed by atoms with van der Waals surface area (Å²) in [4.78, 5) is 15.6. The molecule has 6 heteroatoms. The van der Waals surface area contributed by atoms with E-state index in [0.717, 1.165) is 24.4 Å². The van der Waals surface area contributed by atoms with Crippen LogP contribution in [-0.4, -0.2) is 19.0 Å². The smallest absolute Gasteiger partial charge is 0.279 e. The number of carbonyl (C=O) groups excluding carboxylic acids is 1. The summed E-state index contributed by atoms with van der Waals surface area (Å²) in [6, 6.07) is 6.35. The molecule has 132 valence electrons. The number of carbonyl (C=O) groups is 1. The number of anilines is 1. The average molecular weight is 396 g/mol. The fourth-order valence-corrected chi connectivity index (χ4v) is 5.25. The predicted octanol–water partition coefficient (Wildman–Crippen LogP) is 3.89. The van der Waals surface area contributed by atoms with Gasteiger partial charge in [0.1, 0.15) is 6.04 Å². The van der Waals surface area contributed by atoms with E-state index in [1.807, 2.05) is 24.3 Å². The van der Waals surface area contributed by atoms with Crippen LogP contribution in [0.1, 0.15) is 34.9 Å². The Morgan fingerprint density at radius 2 is 2.12 bits per heavy atom. The quantitative estimate of drug-likeness (QED) is 0.808. The van der Waals surface area contributed by atoms with E-state index in [1.54, 1.807) is 6.07 Å². The lowest BCUT2D eigenvalue weighted by atomic mass is 9.96. The van der Waals surface area contributed by atoms with E-state index in [-0.39, 0.29) is 5.91 Å². The highest BCUT2D eigenvalue weighted by molar-refractivity contribution is 7.10. The number of hydrogen-bond acceptors (Lipinski definition) is 2. The fourth-order valence-electron chi connectivity index (χ4n) is 3.86. The number of halogens is 2. The summed E-state index contributed by atoms with van der Waals surface area (Å²) in [5, 5.41) is 6.14. The van der Waals surface area contributed by atoms with Crippen molar-refractivity contribution in [1.29, 1.82) is 0 Å². The SMILES string of the molecule is Cc1ccc(Cl)c(NC(=O)C[NH+]2CCc3sccc3[C@@H]2C2CC2)c1Cl. The van der Waals surface area contributed by atoms with Crippen molar-refractivity contribution in [3.05, 3.63) is 49.6 Å². The van der Waals surface area contributed by atoms with Crippen molar-refractivity contribution in [1.82, 2.24) is 0 Å². The molecule has 1 saturated carbocycles. The first-order valence-electron chi connectivity index (χ1n) is 8.70. The number of nitrogens with one attached hydrogen (secondary N) is 2. The fraction of sp³-hybridized carbons (Fsp3) is 0.421. The largest absolute Gasteiger partial charge is 0.320 e. The number of rotatable bonds is 4. The Labute approximate surface area is 161 Å². The van der Waals surface area contributed by atoms with Gasteiger partial charge >= 0.3 is 0 Å². The van der Waals surface area contributed by atoms with E-state index < -0.39 is 0 Å². The van der Waals surface area contributed by atoms with Crippen molar-refractivity contribution in [3.63, 3.8) is 0 Å². The minimum atomic E-state index is -0.0197. The summed E-state index contributed by atoms with van der Waals surface area (Å²) >= 11 is 14.4. The van der Waals surface area contributed by atoms with Crippen molar-refractivity contribution in [2.24, 2.45) is 5.92 Å². The molecule has 1 amide bonds. The van der Waals surface area contributed by atoms with Crippen molar-refractivity contribution < 1.29 is 9.69 Å². The Bertz CT molecular complexity index is 816. The lowest BCUT2D eigenvalue weighted by Gasteiger charge is -2.32. The van der Waals surface area contributed by atoms with Crippen molar-refractivity contribution in [2.45, 2.75) is 32.2 Å². The number of benzene rings is 1. The second-order valence-electron chi connectivity index (χ2n) is 7.05. The number of quaternary nitrogens is 1. The van der Waals surface area contributed by atoms with E-state index in [0.29, 0.717) is 28.3 Å². The van der Waals surface area contributed by atoms with Gasteiger partial charge in [-0.1, -0.05) is 29.3 Å². The van der Waals surface area contributed by atoms with Gasteiger partial charge in [0.25, 0.3) is 5.91 Å².